The van der Waals surface area contributed by atoms with Crippen molar-refractivity contribution in [2.45, 2.75) is 4.05 Å². The maximum absolute atomic E-state index is 10.4. The van der Waals surface area contributed by atoms with Crippen LogP contribution in [0.5, 0.6) is 0 Å². The van der Waals surface area contributed by atoms with E-state index < -0.39 is 30.7 Å². The summed E-state index contributed by atoms with van der Waals surface area (Å²) in [6, 6.07) is 0. The van der Waals surface area contributed by atoms with Crippen molar-refractivity contribution in [1.82, 2.24) is 0 Å². The van der Waals surface area contributed by atoms with Crippen LogP contribution in [0.25, 0.3) is 0 Å². The zero-order chi connectivity index (χ0) is 7.40. The molecule has 3 nitrogen and oxygen atoms in total. The van der Waals surface area contributed by atoms with Gasteiger partial charge >= 0.3 is 5.97 Å². The maximum Gasteiger partial charge on any atom is 0.338 e. The molecular formula is C6H6INO2. The minimum Gasteiger partial charge on any atom is -0.479 e. The summed E-state index contributed by atoms with van der Waals surface area (Å²) in [5.41, 5.74) is 0. The highest BCUT2D eigenvalue weighted by Crippen LogP contribution is 2.11. The van der Waals surface area contributed by atoms with Gasteiger partial charge in [-0.25, -0.2) is 4.79 Å². The van der Waals surface area contributed by atoms with Gasteiger partial charge in [0.2, 0.25) is 0 Å². The van der Waals surface area contributed by atoms with E-state index in [0.717, 1.165) is 0 Å². The number of carbonyl (C=O) groups is 1. The van der Waals surface area contributed by atoms with Crippen LogP contribution in [0.2, 0.25) is 0 Å². The van der Waals surface area contributed by atoms with Crippen molar-refractivity contribution in [3.63, 3.8) is 0 Å². The first-order valence-corrected chi connectivity index (χ1v) is 5.16. The van der Waals surface area contributed by atoms with Crippen molar-refractivity contribution in [2.24, 2.45) is 4.99 Å². The third kappa shape index (κ3) is 2.02. The van der Waals surface area contributed by atoms with Crippen molar-refractivity contribution < 1.29 is 9.90 Å². The summed E-state index contributed by atoms with van der Waals surface area (Å²) in [5, 5.41) is 8.53. The number of nitrogens with zero attached hydrogens (tertiary/aromatic N) is 1. The highest BCUT2D eigenvalue weighted by atomic mass is 127. The number of carboxylic acids is 1. The number of rotatable bonds is 1. The van der Waals surface area contributed by atoms with E-state index in [1.54, 1.807) is 12.3 Å². The zero-order valence-electron chi connectivity index (χ0n) is 5.07. The predicted molar refractivity (Wildman–Crippen MR) is 49.1 cm³/mol. The van der Waals surface area contributed by atoms with Gasteiger partial charge in [-0.05, 0) is 10.1 Å². The van der Waals surface area contributed by atoms with Gasteiger partial charge in [-0.3, -0.25) is 4.99 Å². The minimum absolute atomic E-state index is 0.428. The number of aliphatic imine (C=N–C) groups is 1. The molecule has 0 spiro atoms. The Morgan fingerprint density at radius 2 is 2.40 bits per heavy atom. The molecule has 0 saturated heterocycles. The van der Waals surface area contributed by atoms with Gasteiger partial charge in [0.1, 0.15) is 0 Å². The molecule has 0 saturated carbocycles. The summed E-state index contributed by atoms with van der Waals surface area (Å²) < 4.78 is 1.43. The third-order valence-electron chi connectivity index (χ3n) is 0.883. The number of hydrogen-bond donors (Lipinski definition) is 1. The first kappa shape index (κ1) is 7.59. The molecule has 1 heterocycles. The lowest BCUT2D eigenvalue weighted by atomic mass is 10.5. The molecule has 4 heteroatoms. The fourth-order valence-corrected chi connectivity index (χ4v) is 2.03. The van der Waals surface area contributed by atoms with Crippen molar-refractivity contribution in [2.75, 3.05) is 0 Å². The highest BCUT2D eigenvalue weighted by molar-refractivity contribution is 14.2. The van der Waals surface area contributed by atoms with Gasteiger partial charge in [-0.1, -0.05) is 26.8 Å². The van der Waals surface area contributed by atoms with Gasteiger partial charge in [0.15, 0.2) is 4.05 Å². The van der Waals surface area contributed by atoms with Crippen LogP contribution < -0.4 is 0 Å². The molecule has 0 radical (unpaired) electrons. The quantitative estimate of drug-likeness (QED) is 0.426. The van der Waals surface area contributed by atoms with E-state index >= 15 is 0 Å². The Bertz CT molecular complexity index is 204. The molecule has 1 N–H and O–H groups in total. The summed E-state index contributed by atoms with van der Waals surface area (Å²) in [6.07, 6.45) is 5.14. The number of aliphatic carboxylic acids is 1. The Kier molecular flexibility index (Phi) is 2.73. The molecule has 0 aromatic heterocycles. The molecule has 54 valence electrons. The summed E-state index contributed by atoms with van der Waals surface area (Å²) in [7, 11) is 0. The molecule has 10 heavy (non-hydrogen) atoms. The zero-order valence-corrected chi connectivity index (χ0v) is 7.22. The number of hydrogen-bond acceptors (Lipinski definition) is 2. The van der Waals surface area contributed by atoms with E-state index in [-0.39, 0.29) is 0 Å². The first-order chi connectivity index (χ1) is 4.80. The molecule has 0 aromatic carbocycles. The lowest BCUT2D eigenvalue weighted by molar-refractivity contribution is -0.135. The van der Waals surface area contributed by atoms with Gasteiger partial charge < -0.3 is 5.11 Å². The average molecular weight is 251 g/mol. The summed E-state index contributed by atoms with van der Waals surface area (Å²) in [4.78, 5) is 14.2. The van der Waals surface area contributed by atoms with Crippen LogP contribution in [0.15, 0.2) is 17.1 Å². The number of alkyl halides is 1. The van der Waals surface area contributed by atoms with Crippen LogP contribution in [0.1, 0.15) is 0 Å². The number of halogens is 1. The maximum atomic E-state index is 10.4. The van der Waals surface area contributed by atoms with E-state index in [2.05, 4.69) is 4.99 Å². The van der Waals surface area contributed by atoms with Crippen LogP contribution in [0.3, 0.4) is 0 Å². The highest BCUT2D eigenvalue weighted by Gasteiger charge is 2.10. The van der Waals surface area contributed by atoms with E-state index in [9.17, 15) is 4.79 Å². The van der Waals surface area contributed by atoms with Crippen molar-refractivity contribution in [3.05, 3.63) is 12.2 Å². The Labute approximate surface area is 68.2 Å². The Balaban J connectivity index is 2.72. The molecule has 0 aromatic rings. The summed E-state index contributed by atoms with van der Waals surface area (Å²) in [6.45, 7) is 0. The van der Waals surface area contributed by atoms with Crippen LogP contribution in [-0.4, -0.2) is 25.4 Å². The van der Waals surface area contributed by atoms with Gasteiger partial charge in [-0.15, -0.1) is 0 Å². The van der Waals surface area contributed by atoms with Crippen LogP contribution >= 0.6 is 20.7 Å². The Hall–Kier alpha value is -0.520. The Morgan fingerprint density at radius 1 is 1.60 bits per heavy atom. The monoisotopic (exact) mass is 251 g/mol. The average Bonchev–Trinajstić information content (AvgIpc) is 2.12. The second-order valence-corrected chi connectivity index (χ2v) is 4.23. The lowest BCUT2D eigenvalue weighted by Gasteiger charge is -1.95. The van der Waals surface area contributed by atoms with Crippen molar-refractivity contribution >= 4 is 36.9 Å². The van der Waals surface area contributed by atoms with E-state index in [1.165, 1.54) is 0 Å². The summed E-state index contributed by atoms with van der Waals surface area (Å²) >= 11 is -0.428. The van der Waals surface area contributed by atoms with Gasteiger partial charge in [0.25, 0.3) is 0 Å². The normalized spacial score (nSPS) is 23.4. The predicted octanol–water partition coefficient (Wildman–Crippen LogP) is 0.811. The molecule has 0 amide bonds. The topological polar surface area (TPSA) is 49.7 Å². The van der Waals surface area contributed by atoms with Gasteiger partial charge in [0.05, 0.1) is 0 Å². The largest absolute Gasteiger partial charge is 0.479 e. The second-order valence-electron chi connectivity index (χ2n) is 1.61. The number of allylic oxidation sites excluding steroid dienone is 2. The fourth-order valence-electron chi connectivity index (χ4n) is 0.478. The van der Waals surface area contributed by atoms with E-state index in [4.69, 9.17) is 5.11 Å². The molecular weight excluding hydrogens is 245 g/mol. The fraction of sp³-hybridized carbons (Fsp3) is 0.167. The first-order valence-electron chi connectivity index (χ1n) is 2.67. The van der Waals surface area contributed by atoms with Gasteiger partial charge in [-0.2, -0.15) is 0 Å². The van der Waals surface area contributed by atoms with Crippen LogP contribution in [-0.2, 0) is 4.79 Å². The van der Waals surface area contributed by atoms with E-state index in [1.807, 2.05) is 10.1 Å². The third-order valence-corrected chi connectivity index (χ3v) is 3.25. The molecule has 1 unspecified atom stereocenters. The molecule has 1 aliphatic heterocycles. The molecule has 0 aliphatic carbocycles. The van der Waals surface area contributed by atoms with Crippen LogP contribution in [0, 0.1) is 0 Å². The molecule has 0 fully saturated rings. The smallest absolute Gasteiger partial charge is 0.338 e. The molecule has 1 atom stereocenters. The molecule has 1 rings (SSSR count). The minimum atomic E-state index is -0.816. The standard InChI is InChI=1S/C6H6INO2/c9-6(10)5-7-3-1-2-4-8-5/h1-5H,(H,9,10). The Morgan fingerprint density at radius 3 is 3.10 bits per heavy atom. The molecule has 1 aliphatic rings. The summed E-state index contributed by atoms with van der Waals surface area (Å²) in [5.74, 6) is -0.816. The SMILES string of the molecule is O=C(O)C1N=CC=CC=I1. The molecule has 0 bridgehead atoms. The number of carboxylic acid groups (broad SMARTS) is 1. The van der Waals surface area contributed by atoms with Crippen molar-refractivity contribution in [3.8, 4) is 0 Å². The second kappa shape index (κ2) is 3.60. The van der Waals surface area contributed by atoms with Gasteiger partial charge in [0, 0.05) is 6.21 Å². The van der Waals surface area contributed by atoms with Crippen molar-refractivity contribution in [1.29, 1.82) is 0 Å². The lowest BCUT2D eigenvalue weighted by Crippen LogP contribution is -2.09. The van der Waals surface area contributed by atoms with Crippen LogP contribution in [0.4, 0.5) is 0 Å². The van der Waals surface area contributed by atoms with E-state index in [0.29, 0.717) is 0 Å².